The lowest BCUT2D eigenvalue weighted by atomic mass is 9.86. The second-order valence-corrected chi connectivity index (χ2v) is 9.12. The zero-order valence-electron chi connectivity index (χ0n) is 16.5. The van der Waals surface area contributed by atoms with Crippen LogP contribution in [0.4, 0.5) is 5.69 Å². The molecule has 2 aromatic rings. The van der Waals surface area contributed by atoms with E-state index in [9.17, 15) is 8.42 Å². The summed E-state index contributed by atoms with van der Waals surface area (Å²) in [5.41, 5.74) is 2.59. The van der Waals surface area contributed by atoms with E-state index in [-0.39, 0.29) is 10.6 Å². The Bertz CT molecular complexity index is 976. The molecular weight excluding hydrogens is 400 g/mol. The average Bonchev–Trinajstić information content (AvgIpc) is 2.67. The van der Waals surface area contributed by atoms with Crippen LogP contribution < -0.4 is 14.2 Å². The number of anilines is 1. The number of benzene rings is 2. The smallest absolute Gasteiger partial charge is 0.265 e. The van der Waals surface area contributed by atoms with Crippen LogP contribution in [-0.4, -0.2) is 47.7 Å². The Morgan fingerprint density at radius 3 is 2.39 bits per heavy atom. The van der Waals surface area contributed by atoms with Crippen LogP contribution in [0.2, 0.25) is 5.02 Å². The molecule has 1 unspecified atom stereocenters. The maximum atomic E-state index is 13.1. The highest BCUT2D eigenvalue weighted by Crippen LogP contribution is 2.37. The predicted octanol–water partition coefficient (Wildman–Crippen LogP) is 3.58. The molecule has 1 N–H and O–H groups in total. The Morgan fingerprint density at radius 1 is 1.07 bits per heavy atom. The molecule has 28 heavy (non-hydrogen) atoms. The molecule has 0 amide bonds. The number of rotatable bonds is 6. The maximum Gasteiger partial charge on any atom is 0.265 e. The molecule has 8 heteroatoms. The summed E-state index contributed by atoms with van der Waals surface area (Å²) in [4.78, 5) is 2.20. The number of methoxy groups -OCH3 is 2. The molecule has 1 atom stereocenters. The quantitative estimate of drug-likeness (QED) is 0.767. The summed E-state index contributed by atoms with van der Waals surface area (Å²) in [6.45, 7) is 0. The zero-order valence-corrected chi connectivity index (χ0v) is 18.0. The first-order valence-corrected chi connectivity index (χ1v) is 10.8. The fourth-order valence-corrected chi connectivity index (χ4v) is 5.14. The number of nitrogens with zero attached hydrogens (tertiary/aromatic N) is 1. The van der Waals surface area contributed by atoms with Gasteiger partial charge in [-0.25, -0.2) is 8.42 Å². The van der Waals surface area contributed by atoms with E-state index < -0.39 is 10.0 Å². The monoisotopic (exact) mass is 424 g/mol. The van der Waals surface area contributed by atoms with Gasteiger partial charge in [-0.15, -0.1) is 0 Å². The van der Waals surface area contributed by atoms with Crippen LogP contribution in [0.15, 0.2) is 35.2 Å². The van der Waals surface area contributed by atoms with E-state index in [4.69, 9.17) is 21.1 Å². The minimum absolute atomic E-state index is 0.00838. The van der Waals surface area contributed by atoms with Crippen molar-refractivity contribution in [3.8, 4) is 11.5 Å². The highest BCUT2D eigenvalue weighted by Gasteiger charge is 2.28. The molecule has 0 aromatic heterocycles. The Labute approximate surface area is 171 Å². The van der Waals surface area contributed by atoms with Crippen LogP contribution in [0.3, 0.4) is 0 Å². The molecule has 2 aromatic carbocycles. The fraction of sp³-hybridized carbons (Fsp3) is 0.400. The number of ether oxygens (including phenoxy) is 2. The largest absolute Gasteiger partial charge is 0.496 e. The molecule has 152 valence electrons. The van der Waals surface area contributed by atoms with E-state index in [0.29, 0.717) is 16.8 Å². The molecule has 0 saturated carbocycles. The summed E-state index contributed by atoms with van der Waals surface area (Å²) in [6.07, 6.45) is 2.52. The van der Waals surface area contributed by atoms with Crippen molar-refractivity contribution in [1.82, 2.24) is 4.90 Å². The third-order valence-electron chi connectivity index (χ3n) is 5.17. The topological polar surface area (TPSA) is 67.9 Å². The van der Waals surface area contributed by atoms with Crippen LogP contribution >= 0.6 is 11.6 Å². The summed E-state index contributed by atoms with van der Waals surface area (Å²) in [6, 6.07) is 8.48. The highest BCUT2D eigenvalue weighted by molar-refractivity contribution is 7.92. The van der Waals surface area contributed by atoms with Gasteiger partial charge in [0.05, 0.1) is 19.9 Å². The van der Waals surface area contributed by atoms with Gasteiger partial charge in [0.15, 0.2) is 0 Å². The van der Waals surface area contributed by atoms with Gasteiger partial charge in [-0.3, -0.25) is 4.72 Å². The van der Waals surface area contributed by atoms with Crippen molar-refractivity contribution in [2.75, 3.05) is 33.0 Å². The first-order valence-electron chi connectivity index (χ1n) is 8.98. The molecule has 1 aliphatic carbocycles. The number of halogens is 1. The minimum atomic E-state index is -3.87. The number of likely N-dealkylation sites (N-methyl/N-ethyl adjacent to an activating group) is 1. The second-order valence-electron chi connectivity index (χ2n) is 7.03. The summed E-state index contributed by atoms with van der Waals surface area (Å²) in [5.74, 6) is 1.02. The molecule has 1 aliphatic rings. The number of fused-ring (bicyclic) bond motifs is 1. The van der Waals surface area contributed by atoms with Crippen LogP contribution in [0.1, 0.15) is 17.5 Å². The van der Waals surface area contributed by atoms with Gasteiger partial charge in [-0.1, -0.05) is 11.6 Å². The number of sulfonamides is 1. The summed E-state index contributed by atoms with van der Waals surface area (Å²) < 4.78 is 39.6. The lowest BCUT2D eigenvalue weighted by Gasteiger charge is -2.32. The lowest BCUT2D eigenvalue weighted by molar-refractivity contribution is 0.265. The molecule has 3 rings (SSSR count). The molecule has 0 fully saturated rings. The van der Waals surface area contributed by atoms with Crippen molar-refractivity contribution < 1.29 is 17.9 Å². The highest BCUT2D eigenvalue weighted by atomic mass is 35.5. The maximum absolute atomic E-state index is 13.1. The van der Waals surface area contributed by atoms with Gasteiger partial charge < -0.3 is 14.4 Å². The van der Waals surface area contributed by atoms with Crippen molar-refractivity contribution in [3.05, 3.63) is 46.5 Å². The average molecular weight is 425 g/mol. The Hall–Kier alpha value is -1.96. The van der Waals surface area contributed by atoms with Crippen LogP contribution in [-0.2, 0) is 22.9 Å². The van der Waals surface area contributed by atoms with E-state index in [1.165, 1.54) is 13.2 Å². The number of hydrogen-bond acceptors (Lipinski definition) is 5. The number of hydrogen-bond donors (Lipinski definition) is 1. The van der Waals surface area contributed by atoms with Crippen LogP contribution in [0.5, 0.6) is 11.5 Å². The molecule has 0 spiro atoms. The molecule has 0 bridgehead atoms. The molecule has 0 radical (unpaired) electrons. The third-order valence-corrected chi connectivity index (χ3v) is 6.79. The molecule has 6 nitrogen and oxygen atoms in total. The van der Waals surface area contributed by atoms with Gasteiger partial charge in [0.25, 0.3) is 10.0 Å². The van der Waals surface area contributed by atoms with Crippen molar-refractivity contribution in [2.45, 2.75) is 30.2 Å². The number of nitrogens with one attached hydrogen (secondary N) is 1. The van der Waals surface area contributed by atoms with Gasteiger partial charge >= 0.3 is 0 Å². The normalized spacial score (nSPS) is 16.6. The van der Waals surface area contributed by atoms with E-state index in [0.717, 1.165) is 36.1 Å². The molecule has 0 saturated heterocycles. The van der Waals surface area contributed by atoms with Crippen LogP contribution in [0, 0.1) is 0 Å². The Balaban J connectivity index is 2.02. The summed E-state index contributed by atoms with van der Waals surface area (Å²) >= 11 is 6.01. The predicted molar refractivity (Wildman–Crippen MR) is 111 cm³/mol. The summed E-state index contributed by atoms with van der Waals surface area (Å²) in [5, 5.41) is 0.326. The standard InChI is InChI=1S/C20H25ClN2O4S/c1-23(2)14-6-7-15-16(12-14)18(26-3)10-8-17(15)22-28(24,25)20-11-13(21)5-9-19(20)27-4/h5,8-11,14,22H,6-7,12H2,1-4H3. The van der Waals surface area contributed by atoms with Crippen molar-refractivity contribution >= 4 is 27.3 Å². The minimum Gasteiger partial charge on any atom is -0.496 e. The van der Waals surface area contributed by atoms with Crippen molar-refractivity contribution in [1.29, 1.82) is 0 Å². The summed E-state index contributed by atoms with van der Waals surface area (Å²) in [7, 11) is 3.30. The first-order chi connectivity index (χ1) is 13.3. The third kappa shape index (κ3) is 4.06. The van der Waals surface area contributed by atoms with E-state index in [2.05, 4.69) is 23.7 Å². The molecule has 0 heterocycles. The first kappa shape index (κ1) is 20.8. The zero-order chi connectivity index (χ0) is 20.5. The van der Waals surface area contributed by atoms with Gasteiger partial charge in [-0.2, -0.15) is 0 Å². The van der Waals surface area contributed by atoms with Crippen molar-refractivity contribution in [2.24, 2.45) is 0 Å². The van der Waals surface area contributed by atoms with E-state index in [1.807, 2.05) is 6.07 Å². The van der Waals surface area contributed by atoms with Gasteiger partial charge in [-0.05, 0) is 69.3 Å². The fourth-order valence-electron chi connectivity index (χ4n) is 3.62. The Kier molecular flexibility index (Phi) is 6.07. The SMILES string of the molecule is COc1ccc(Cl)cc1S(=O)(=O)Nc1ccc(OC)c2c1CCC(N(C)C)C2. The molecular formula is C20H25ClN2O4S. The van der Waals surface area contributed by atoms with E-state index >= 15 is 0 Å². The van der Waals surface area contributed by atoms with E-state index in [1.54, 1.807) is 25.3 Å². The molecule has 0 aliphatic heterocycles. The Morgan fingerprint density at radius 2 is 1.75 bits per heavy atom. The second kappa shape index (κ2) is 8.19. The van der Waals surface area contributed by atoms with Crippen LogP contribution in [0.25, 0.3) is 0 Å². The van der Waals surface area contributed by atoms with Gasteiger partial charge in [0.1, 0.15) is 16.4 Å². The lowest BCUT2D eigenvalue weighted by Crippen LogP contribution is -2.34. The van der Waals surface area contributed by atoms with Gasteiger partial charge in [0, 0.05) is 16.6 Å². The van der Waals surface area contributed by atoms with Gasteiger partial charge in [0.2, 0.25) is 0 Å². The van der Waals surface area contributed by atoms with Crippen molar-refractivity contribution in [3.63, 3.8) is 0 Å².